The number of furan rings is 1. The number of amides is 1. The van der Waals surface area contributed by atoms with Gasteiger partial charge in [-0.1, -0.05) is 0 Å². The van der Waals surface area contributed by atoms with Gasteiger partial charge in [0.15, 0.2) is 0 Å². The lowest BCUT2D eigenvalue weighted by atomic mass is 10.1. The standard InChI is InChI=1S/C14H17N3O2/c1-10(8-12-4-3-7-19-12)17-14(18)11-5-6-16-13(9-11)15-2/h3-7,9-10H,8H2,1-2H3,(H,15,16)(H,17,18). The highest BCUT2D eigenvalue weighted by molar-refractivity contribution is 5.94. The highest BCUT2D eigenvalue weighted by Crippen LogP contribution is 2.08. The first-order valence-corrected chi connectivity index (χ1v) is 6.16. The molecule has 0 fully saturated rings. The van der Waals surface area contributed by atoms with Crippen LogP contribution in [0.4, 0.5) is 5.82 Å². The average Bonchev–Trinajstić information content (AvgIpc) is 2.91. The molecule has 0 bridgehead atoms. The molecular weight excluding hydrogens is 242 g/mol. The Balaban J connectivity index is 1.96. The molecule has 2 aromatic heterocycles. The van der Waals surface area contributed by atoms with E-state index in [9.17, 15) is 4.79 Å². The maximum Gasteiger partial charge on any atom is 0.251 e. The van der Waals surface area contributed by atoms with E-state index in [1.165, 1.54) is 0 Å². The van der Waals surface area contributed by atoms with Crippen molar-refractivity contribution in [2.45, 2.75) is 19.4 Å². The molecule has 2 rings (SSSR count). The number of hydrogen-bond acceptors (Lipinski definition) is 4. The molecule has 0 saturated carbocycles. The van der Waals surface area contributed by atoms with Gasteiger partial charge < -0.3 is 15.1 Å². The summed E-state index contributed by atoms with van der Waals surface area (Å²) >= 11 is 0. The van der Waals surface area contributed by atoms with E-state index < -0.39 is 0 Å². The van der Waals surface area contributed by atoms with Crippen molar-refractivity contribution in [1.29, 1.82) is 0 Å². The minimum Gasteiger partial charge on any atom is -0.469 e. The second-order valence-corrected chi connectivity index (χ2v) is 4.34. The third-order valence-corrected chi connectivity index (χ3v) is 2.74. The largest absolute Gasteiger partial charge is 0.469 e. The van der Waals surface area contributed by atoms with Gasteiger partial charge in [0.1, 0.15) is 11.6 Å². The van der Waals surface area contributed by atoms with Gasteiger partial charge in [-0.25, -0.2) is 4.98 Å². The van der Waals surface area contributed by atoms with Crippen LogP contribution in [0.5, 0.6) is 0 Å². The van der Waals surface area contributed by atoms with Crippen LogP contribution in [0.25, 0.3) is 0 Å². The van der Waals surface area contributed by atoms with Crippen LogP contribution < -0.4 is 10.6 Å². The van der Waals surface area contributed by atoms with E-state index in [2.05, 4.69) is 15.6 Å². The summed E-state index contributed by atoms with van der Waals surface area (Å²) in [6.45, 7) is 1.95. The van der Waals surface area contributed by atoms with Gasteiger partial charge in [0.2, 0.25) is 0 Å². The highest BCUT2D eigenvalue weighted by Gasteiger charge is 2.11. The van der Waals surface area contributed by atoms with Crippen molar-refractivity contribution < 1.29 is 9.21 Å². The molecule has 100 valence electrons. The van der Waals surface area contributed by atoms with Crippen LogP contribution in [-0.4, -0.2) is 24.0 Å². The molecule has 19 heavy (non-hydrogen) atoms. The number of carbonyl (C=O) groups is 1. The van der Waals surface area contributed by atoms with Crippen LogP contribution in [0.1, 0.15) is 23.0 Å². The number of carbonyl (C=O) groups excluding carboxylic acids is 1. The molecule has 1 atom stereocenters. The second kappa shape index (κ2) is 6.04. The van der Waals surface area contributed by atoms with Crippen LogP contribution in [-0.2, 0) is 6.42 Å². The van der Waals surface area contributed by atoms with Crippen LogP contribution >= 0.6 is 0 Å². The Labute approximate surface area is 112 Å². The van der Waals surface area contributed by atoms with Gasteiger partial charge in [0.05, 0.1) is 6.26 Å². The monoisotopic (exact) mass is 259 g/mol. The third kappa shape index (κ3) is 3.58. The quantitative estimate of drug-likeness (QED) is 0.862. The Morgan fingerprint density at radius 1 is 1.47 bits per heavy atom. The number of nitrogens with one attached hydrogen (secondary N) is 2. The fraction of sp³-hybridized carbons (Fsp3) is 0.286. The van der Waals surface area contributed by atoms with Gasteiger partial charge >= 0.3 is 0 Å². The molecule has 1 unspecified atom stereocenters. The maximum atomic E-state index is 12.1. The predicted molar refractivity (Wildman–Crippen MR) is 73.1 cm³/mol. The molecule has 1 amide bonds. The van der Waals surface area contributed by atoms with Gasteiger partial charge in [0, 0.05) is 31.3 Å². The molecule has 0 aromatic carbocycles. The number of anilines is 1. The van der Waals surface area contributed by atoms with Gasteiger partial charge in [-0.15, -0.1) is 0 Å². The zero-order valence-electron chi connectivity index (χ0n) is 11.0. The first kappa shape index (κ1) is 13.1. The molecule has 0 saturated heterocycles. The summed E-state index contributed by atoms with van der Waals surface area (Å²) in [6.07, 6.45) is 3.91. The highest BCUT2D eigenvalue weighted by atomic mass is 16.3. The van der Waals surface area contributed by atoms with Crippen LogP contribution in [0.15, 0.2) is 41.1 Å². The zero-order valence-corrected chi connectivity index (χ0v) is 11.0. The van der Waals surface area contributed by atoms with E-state index in [-0.39, 0.29) is 11.9 Å². The normalized spacial score (nSPS) is 11.9. The van der Waals surface area contributed by atoms with Crippen molar-refractivity contribution in [3.63, 3.8) is 0 Å². The molecule has 2 heterocycles. The zero-order chi connectivity index (χ0) is 13.7. The van der Waals surface area contributed by atoms with Crippen molar-refractivity contribution in [3.8, 4) is 0 Å². The Morgan fingerprint density at radius 2 is 2.32 bits per heavy atom. The maximum absolute atomic E-state index is 12.1. The molecule has 0 aliphatic heterocycles. The van der Waals surface area contributed by atoms with Crippen molar-refractivity contribution in [2.75, 3.05) is 12.4 Å². The molecule has 0 aliphatic rings. The lowest BCUT2D eigenvalue weighted by Gasteiger charge is -2.12. The lowest BCUT2D eigenvalue weighted by Crippen LogP contribution is -2.34. The summed E-state index contributed by atoms with van der Waals surface area (Å²) in [4.78, 5) is 16.1. The Kier molecular flexibility index (Phi) is 4.18. The number of rotatable bonds is 5. The van der Waals surface area contributed by atoms with Crippen molar-refractivity contribution in [2.24, 2.45) is 0 Å². The Morgan fingerprint density at radius 3 is 3.00 bits per heavy atom. The van der Waals surface area contributed by atoms with Gasteiger partial charge in [-0.3, -0.25) is 4.79 Å². The summed E-state index contributed by atoms with van der Waals surface area (Å²) in [5, 5.41) is 5.84. The fourth-order valence-electron chi connectivity index (χ4n) is 1.80. The second-order valence-electron chi connectivity index (χ2n) is 4.34. The molecule has 5 nitrogen and oxygen atoms in total. The van der Waals surface area contributed by atoms with E-state index in [1.807, 2.05) is 19.1 Å². The van der Waals surface area contributed by atoms with Crippen LogP contribution in [0.2, 0.25) is 0 Å². The molecule has 0 aliphatic carbocycles. The minimum atomic E-state index is -0.113. The summed E-state index contributed by atoms with van der Waals surface area (Å²) in [7, 11) is 1.77. The van der Waals surface area contributed by atoms with E-state index in [1.54, 1.807) is 31.6 Å². The molecule has 2 N–H and O–H groups in total. The lowest BCUT2D eigenvalue weighted by molar-refractivity contribution is 0.0939. The van der Waals surface area contributed by atoms with Crippen molar-refractivity contribution in [1.82, 2.24) is 10.3 Å². The number of nitrogens with zero attached hydrogens (tertiary/aromatic N) is 1. The summed E-state index contributed by atoms with van der Waals surface area (Å²) in [5.74, 6) is 1.42. The molecule has 2 aromatic rings. The molecular formula is C14H17N3O2. The molecule has 5 heteroatoms. The van der Waals surface area contributed by atoms with E-state index in [0.29, 0.717) is 17.8 Å². The van der Waals surface area contributed by atoms with Crippen LogP contribution in [0.3, 0.4) is 0 Å². The molecule has 0 spiro atoms. The van der Waals surface area contributed by atoms with E-state index in [0.717, 1.165) is 5.76 Å². The smallest absolute Gasteiger partial charge is 0.251 e. The Bertz CT molecular complexity index is 537. The topological polar surface area (TPSA) is 67.2 Å². The van der Waals surface area contributed by atoms with Crippen LogP contribution in [0, 0.1) is 0 Å². The summed E-state index contributed by atoms with van der Waals surface area (Å²) < 4.78 is 5.26. The first-order valence-electron chi connectivity index (χ1n) is 6.16. The number of pyridine rings is 1. The van der Waals surface area contributed by atoms with Gasteiger partial charge in [-0.2, -0.15) is 0 Å². The molecule has 0 radical (unpaired) electrons. The minimum absolute atomic E-state index is 0.00449. The number of aromatic nitrogens is 1. The van der Waals surface area contributed by atoms with Gasteiger partial charge in [-0.05, 0) is 31.2 Å². The first-order chi connectivity index (χ1) is 9.19. The third-order valence-electron chi connectivity index (χ3n) is 2.74. The predicted octanol–water partition coefficient (Wildman–Crippen LogP) is 2.08. The van der Waals surface area contributed by atoms with Crippen molar-refractivity contribution in [3.05, 3.63) is 48.0 Å². The SMILES string of the molecule is CNc1cc(C(=O)NC(C)Cc2ccco2)ccn1. The number of hydrogen-bond donors (Lipinski definition) is 2. The fourth-order valence-corrected chi connectivity index (χ4v) is 1.80. The average molecular weight is 259 g/mol. The summed E-state index contributed by atoms with van der Waals surface area (Å²) in [5.41, 5.74) is 0.589. The van der Waals surface area contributed by atoms with Crippen molar-refractivity contribution >= 4 is 11.7 Å². The van der Waals surface area contributed by atoms with E-state index in [4.69, 9.17) is 4.42 Å². The van der Waals surface area contributed by atoms with E-state index >= 15 is 0 Å². The van der Waals surface area contributed by atoms with Gasteiger partial charge in [0.25, 0.3) is 5.91 Å². The summed E-state index contributed by atoms with van der Waals surface area (Å²) in [6, 6.07) is 7.15. The Hall–Kier alpha value is -2.30.